The first-order chi connectivity index (χ1) is 9.76. The molecule has 0 atom stereocenters. The normalized spacial score (nSPS) is 37.6. The van der Waals surface area contributed by atoms with Crippen molar-refractivity contribution in [2.45, 2.75) is 32.1 Å². The summed E-state index contributed by atoms with van der Waals surface area (Å²) in [6.07, 6.45) is 7.90. The zero-order valence-corrected chi connectivity index (χ0v) is 11.5. The number of hydrogen-bond donors (Lipinski definition) is 0. The lowest BCUT2D eigenvalue weighted by Crippen LogP contribution is -2.48. The zero-order valence-electron chi connectivity index (χ0n) is 11.5. The monoisotopic (exact) mass is 266 g/mol. The van der Waals surface area contributed by atoms with E-state index in [9.17, 15) is 10.1 Å². The summed E-state index contributed by atoms with van der Waals surface area (Å²) in [5, 5.41) is 9.18. The van der Waals surface area contributed by atoms with Gasteiger partial charge in [0.15, 0.2) is 5.78 Å². The molecule has 3 nitrogen and oxygen atoms in total. The van der Waals surface area contributed by atoms with E-state index in [1.807, 2.05) is 0 Å². The predicted octanol–water partition coefficient (Wildman–Crippen LogP) is 3.21. The molecule has 102 valence electrons. The molecule has 0 radical (unpaired) electrons. The summed E-state index contributed by atoms with van der Waals surface area (Å²) >= 11 is 0. The standard InChI is InChI=1S/C17H18N2O/c18-9-12-2-1-3-19-16(12)17(20)15-13-5-10-4-11(7-13)8-14(15)6-10/h1-3,10-11,13-15H,4-8H2. The van der Waals surface area contributed by atoms with Crippen LogP contribution in [0.25, 0.3) is 0 Å². The van der Waals surface area contributed by atoms with E-state index in [-0.39, 0.29) is 11.7 Å². The van der Waals surface area contributed by atoms with Crippen molar-refractivity contribution >= 4 is 5.78 Å². The second-order valence-electron chi connectivity index (χ2n) is 6.83. The predicted molar refractivity (Wildman–Crippen MR) is 73.8 cm³/mol. The van der Waals surface area contributed by atoms with Crippen molar-refractivity contribution in [3.05, 3.63) is 29.6 Å². The van der Waals surface area contributed by atoms with Gasteiger partial charge in [0.05, 0.1) is 5.56 Å². The van der Waals surface area contributed by atoms with Crippen LogP contribution in [0.5, 0.6) is 0 Å². The molecule has 4 saturated carbocycles. The highest BCUT2D eigenvalue weighted by atomic mass is 16.1. The molecular weight excluding hydrogens is 248 g/mol. The average molecular weight is 266 g/mol. The second kappa shape index (κ2) is 4.41. The maximum absolute atomic E-state index is 12.9. The molecule has 4 fully saturated rings. The number of aromatic nitrogens is 1. The Labute approximate surface area is 119 Å². The molecule has 0 unspecified atom stereocenters. The smallest absolute Gasteiger partial charge is 0.186 e. The van der Waals surface area contributed by atoms with E-state index in [4.69, 9.17) is 0 Å². The summed E-state index contributed by atoms with van der Waals surface area (Å²) in [6, 6.07) is 5.55. The summed E-state index contributed by atoms with van der Waals surface area (Å²) in [5.41, 5.74) is 0.846. The molecule has 5 rings (SSSR count). The number of pyridine rings is 1. The van der Waals surface area contributed by atoms with Gasteiger partial charge in [0.25, 0.3) is 0 Å². The van der Waals surface area contributed by atoms with Crippen LogP contribution < -0.4 is 0 Å². The molecule has 0 aliphatic heterocycles. The van der Waals surface area contributed by atoms with Gasteiger partial charge in [0, 0.05) is 12.1 Å². The van der Waals surface area contributed by atoms with E-state index in [2.05, 4.69) is 11.1 Å². The number of rotatable bonds is 2. The minimum atomic E-state index is 0.129. The maximum atomic E-state index is 12.9. The molecule has 0 N–H and O–H groups in total. The number of ketones is 1. The van der Waals surface area contributed by atoms with Crippen LogP contribution in [-0.2, 0) is 0 Å². The molecule has 3 heteroatoms. The molecule has 1 aromatic heterocycles. The number of nitriles is 1. The zero-order chi connectivity index (χ0) is 13.7. The molecular formula is C17H18N2O. The third kappa shape index (κ3) is 1.71. The third-order valence-electron chi connectivity index (χ3n) is 5.69. The fraction of sp³-hybridized carbons (Fsp3) is 0.588. The molecule has 1 aromatic rings. The Hall–Kier alpha value is -1.69. The van der Waals surface area contributed by atoms with Crippen molar-refractivity contribution in [2.75, 3.05) is 0 Å². The minimum Gasteiger partial charge on any atom is -0.292 e. The number of hydrogen-bond acceptors (Lipinski definition) is 3. The van der Waals surface area contributed by atoms with Crippen molar-refractivity contribution in [3.8, 4) is 6.07 Å². The van der Waals surface area contributed by atoms with E-state index < -0.39 is 0 Å². The van der Waals surface area contributed by atoms with Crippen molar-refractivity contribution < 1.29 is 4.79 Å². The molecule has 0 aromatic carbocycles. The summed E-state index contributed by atoms with van der Waals surface area (Å²) < 4.78 is 0. The summed E-state index contributed by atoms with van der Waals surface area (Å²) in [5.74, 6) is 3.08. The summed E-state index contributed by atoms with van der Waals surface area (Å²) in [7, 11) is 0. The van der Waals surface area contributed by atoms with Crippen LogP contribution in [0.15, 0.2) is 18.3 Å². The Morgan fingerprint density at radius 3 is 2.40 bits per heavy atom. The first-order valence-electron chi connectivity index (χ1n) is 7.65. The highest BCUT2D eigenvalue weighted by Crippen LogP contribution is 2.57. The number of Topliss-reactive ketones (excluding diaryl/α,β-unsaturated/α-hetero) is 1. The Balaban J connectivity index is 1.68. The molecule has 20 heavy (non-hydrogen) atoms. The molecule has 4 aliphatic rings. The van der Waals surface area contributed by atoms with Crippen molar-refractivity contribution in [3.63, 3.8) is 0 Å². The molecule has 1 heterocycles. The van der Waals surface area contributed by atoms with Crippen LogP contribution >= 0.6 is 0 Å². The second-order valence-corrected chi connectivity index (χ2v) is 6.83. The van der Waals surface area contributed by atoms with Gasteiger partial charge >= 0.3 is 0 Å². The third-order valence-corrected chi connectivity index (χ3v) is 5.69. The minimum absolute atomic E-state index is 0.129. The highest BCUT2D eigenvalue weighted by molar-refractivity contribution is 5.98. The topological polar surface area (TPSA) is 53.8 Å². The fourth-order valence-corrected chi connectivity index (χ4v) is 5.20. The first kappa shape index (κ1) is 12.1. The average Bonchev–Trinajstić information content (AvgIpc) is 2.46. The van der Waals surface area contributed by atoms with Gasteiger partial charge in [-0.2, -0.15) is 5.26 Å². The van der Waals surface area contributed by atoms with Crippen LogP contribution in [-0.4, -0.2) is 10.8 Å². The van der Waals surface area contributed by atoms with E-state index in [0.717, 1.165) is 11.8 Å². The number of carbonyl (C=O) groups excluding carboxylic acids is 1. The Bertz CT molecular complexity index is 573. The van der Waals surface area contributed by atoms with Gasteiger partial charge in [0.2, 0.25) is 0 Å². The molecule has 4 aliphatic carbocycles. The quantitative estimate of drug-likeness (QED) is 0.772. The summed E-state index contributed by atoms with van der Waals surface area (Å²) in [4.78, 5) is 17.1. The highest BCUT2D eigenvalue weighted by Gasteiger charge is 2.51. The lowest BCUT2D eigenvalue weighted by Gasteiger charge is -2.53. The fourth-order valence-electron chi connectivity index (χ4n) is 5.20. The van der Waals surface area contributed by atoms with Crippen LogP contribution in [0.2, 0.25) is 0 Å². The van der Waals surface area contributed by atoms with E-state index >= 15 is 0 Å². The van der Waals surface area contributed by atoms with Crippen molar-refractivity contribution in [1.82, 2.24) is 4.98 Å². The molecule has 0 spiro atoms. The Morgan fingerprint density at radius 2 is 1.80 bits per heavy atom. The van der Waals surface area contributed by atoms with Crippen LogP contribution in [0.1, 0.15) is 48.2 Å². The molecule has 0 saturated heterocycles. The lowest BCUT2D eigenvalue weighted by molar-refractivity contribution is -0.0253. The Kier molecular flexibility index (Phi) is 2.66. The first-order valence-corrected chi connectivity index (χ1v) is 7.65. The van der Waals surface area contributed by atoms with E-state index in [1.165, 1.54) is 32.1 Å². The van der Waals surface area contributed by atoms with E-state index in [1.54, 1.807) is 18.3 Å². The van der Waals surface area contributed by atoms with Crippen molar-refractivity contribution in [1.29, 1.82) is 5.26 Å². The van der Waals surface area contributed by atoms with Gasteiger partial charge in [-0.25, -0.2) is 0 Å². The van der Waals surface area contributed by atoms with Crippen LogP contribution in [0.3, 0.4) is 0 Å². The van der Waals surface area contributed by atoms with Gasteiger partial charge in [-0.1, -0.05) is 0 Å². The van der Waals surface area contributed by atoms with Crippen LogP contribution in [0, 0.1) is 40.9 Å². The SMILES string of the molecule is N#Cc1cccnc1C(=O)C1C2CC3CC(C2)CC1C3. The van der Waals surface area contributed by atoms with Crippen LogP contribution in [0.4, 0.5) is 0 Å². The number of nitrogens with zero attached hydrogens (tertiary/aromatic N) is 2. The largest absolute Gasteiger partial charge is 0.292 e. The summed E-state index contributed by atoms with van der Waals surface area (Å²) in [6.45, 7) is 0. The van der Waals surface area contributed by atoms with Gasteiger partial charge in [0.1, 0.15) is 11.8 Å². The lowest BCUT2D eigenvalue weighted by atomic mass is 9.51. The van der Waals surface area contributed by atoms with E-state index in [0.29, 0.717) is 23.1 Å². The van der Waals surface area contributed by atoms with Gasteiger partial charge in [-0.15, -0.1) is 0 Å². The van der Waals surface area contributed by atoms with Gasteiger partial charge in [-0.05, 0) is 67.9 Å². The molecule has 0 amide bonds. The van der Waals surface area contributed by atoms with Gasteiger partial charge in [-0.3, -0.25) is 9.78 Å². The maximum Gasteiger partial charge on any atom is 0.186 e. The number of carbonyl (C=O) groups is 1. The van der Waals surface area contributed by atoms with Crippen molar-refractivity contribution in [2.24, 2.45) is 29.6 Å². The van der Waals surface area contributed by atoms with Gasteiger partial charge < -0.3 is 0 Å². The Morgan fingerprint density at radius 1 is 1.15 bits per heavy atom. The molecule has 4 bridgehead atoms.